The highest BCUT2D eigenvalue weighted by molar-refractivity contribution is 5.73. The third kappa shape index (κ3) is 1.46. The van der Waals surface area contributed by atoms with Crippen LogP contribution in [-0.2, 0) is 9.53 Å². The van der Waals surface area contributed by atoms with Gasteiger partial charge in [0.05, 0.1) is 13.0 Å². The molecule has 0 aromatic carbocycles. The Balaban J connectivity index is 2.06. The first-order chi connectivity index (χ1) is 6.17. The summed E-state index contributed by atoms with van der Waals surface area (Å²) in [7, 11) is 1.47. The fraction of sp³-hybridized carbons (Fsp3) is 0.900. The summed E-state index contributed by atoms with van der Waals surface area (Å²) in [5, 5.41) is 0. The Morgan fingerprint density at radius 1 is 1.46 bits per heavy atom. The van der Waals surface area contributed by atoms with E-state index in [1.807, 2.05) is 0 Å². The Bertz CT molecular complexity index is 223. The predicted molar refractivity (Wildman–Crippen MR) is 49.0 cm³/mol. The standard InChI is InChI=1S/C10H17NO2/c1-13-9(12)7-3-2-4-8(7)10(11)5-6-10/h7-8H,2-6,11H2,1H3/t7-,8?/m0/s1. The first-order valence-corrected chi connectivity index (χ1v) is 5.04. The minimum atomic E-state index is -0.0563. The summed E-state index contributed by atoms with van der Waals surface area (Å²) in [5.74, 6) is 0.414. The minimum absolute atomic E-state index is 0.0185. The number of methoxy groups -OCH3 is 1. The van der Waals surface area contributed by atoms with Gasteiger partial charge in [0, 0.05) is 5.54 Å². The van der Waals surface area contributed by atoms with Crippen molar-refractivity contribution in [3.8, 4) is 0 Å². The summed E-state index contributed by atoms with van der Waals surface area (Å²) in [6.07, 6.45) is 5.38. The molecule has 2 rings (SSSR count). The van der Waals surface area contributed by atoms with E-state index in [0.717, 1.165) is 32.1 Å². The van der Waals surface area contributed by atoms with Gasteiger partial charge in [0.25, 0.3) is 0 Å². The fourth-order valence-electron chi connectivity index (χ4n) is 2.60. The number of nitrogens with two attached hydrogens (primary N) is 1. The van der Waals surface area contributed by atoms with E-state index in [0.29, 0.717) is 5.92 Å². The van der Waals surface area contributed by atoms with Gasteiger partial charge in [0.2, 0.25) is 0 Å². The van der Waals surface area contributed by atoms with Crippen LogP contribution in [0.5, 0.6) is 0 Å². The summed E-state index contributed by atoms with van der Waals surface area (Å²) < 4.78 is 4.79. The van der Waals surface area contributed by atoms with Crippen LogP contribution in [0, 0.1) is 11.8 Å². The average Bonchev–Trinajstić information content (AvgIpc) is 2.71. The molecule has 0 amide bonds. The molecule has 3 heteroatoms. The summed E-state index contributed by atoms with van der Waals surface area (Å²) in [5.41, 5.74) is 6.11. The molecule has 1 unspecified atom stereocenters. The molecule has 0 radical (unpaired) electrons. The van der Waals surface area contributed by atoms with Crippen LogP contribution >= 0.6 is 0 Å². The number of hydrogen-bond donors (Lipinski definition) is 1. The molecule has 2 atom stereocenters. The van der Waals surface area contributed by atoms with Gasteiger partial charge in [-0.3, -0.25) is 4.79 Å². The van der Waals surface area contributed by atoms with Gasteiger partial charge in [-0.05, 0) is 31.6 Å². The number of hydrogen-bond acceptors (Lipinski definition) is 3. The van der Waals surface area contributed by atoms with E-state index in [9.17, 15) is 4.79 Å². The molecule has 0 aliphatic heterocycles. The quantitative estimate of drug-likeness (QED) is 0.651. The van der Waals surface area contributed by atoms with E-state index in [1.54, 1.807) is 0 Å². The van der Waals surface area contributed by atoms with Crippen LogP contribution in [0.25, 0.3) is 0 Å². The molecule has 0 aromatic heterocycles. The molecule has 2 aliphatic rings. The van der Waals surface area contributed by atoms with Crippen molar-refractivity contribution in [3.05, 3.63) is 0 Å². The van der Waals surface area contributed by atoms with Crippen LogP contribution in [0.1, 0.15) is 32.1 Å². The topological polar surface area (TPSA) is 52.3 Å². The van der Waals surface area contributed by atoms with Gasteiger partial charge in [-0.2, -0.15) is 0 Å². The Labute approximate surface area is 78.6 Å². The molecule has 0 spiro atoms. The monoisotopic (exact) mass is 183 g/mol. The zero-order valence-electron chi connectivity index (χ0n) is 8.08. The van der Waals surface area contributed by atoms with Crippen molar-refractivity contribution in [2.24, 2.45) is 17.6 Å². The maximum atomic E-state index is 11.4. The van der Waals surface area contributed by atoms with Crippen molar-refractivity contribution in [1.29, 1.82) is 0 Å². The molecule has 2 fully saturated rings. The second-order valence-corrected chi connectivity index (χ2v) is 4.40. The lowest BCUT2D eigenvalue weighted by Crippen LogP contribution is -2.37. The molecular weight excluding hydrogens is 166 g/mol. The molecule has 3 nitrogen and oxygen atoms in total. The molecule has 13 heavy (non-hydrogen) atoms. The van der Waals surface area contributed by atoms with Crippen LogP contribution in [-0.4, -0.2) is 18.6 Å². The van der Waals surface area contributed by atoms with Crippen molar-refractivity contribution in [2.75, 3.05) is 7.11 Å². The van der Waals surface area contributed by atoms with Gasteiger partial charge < -0.3 is 10.5 Å². The molecule has 0 heterocycles. The van der Waals surface area contributed by atoms with E-state index < -0.39 is 0 Å². The van der Waals surface area contributed by atoms with Crippen LogP contribution < -0.4 is 5.73 Å². The first kappa shape index (κ1) is 9.00. The Morgan fingerprint density at radius 2 is 2.15 bits per heavy atom. The lowest BCUT2D eigenvalue weighted by atomic mass is 9.87. The van der Waals surface area contributed by atoms with Crippen LogP contribution in [0.15, 0.2) is 0 Å². The molecule has 0 aromatic rings. The van der Waals surface area contributed by atoms with E-state index in [4.69, 9.17) is 10.5 Å². The summed E-state index contributed by atoms with van der Waals surface area (Å²) in [6, 6.07) is 0. The summed E-state index contributed by atoms with van der Waals surface area (Å²) in [6.45, 7) is 0. The Kier molecular flexibility index (Phi) is 2.06. The normalized spacial score (nSPS) is 35.8. The number of esters is 1. The average molecular weight is 183 g/mol. The summed E-state index contributed by atoms with van der Waals surface area (Å²) >= 11 is 0. The third-order valence-corrected chi connectivity index (χ3v) is 3.59. The molecule has 2 N–H and O–H groups in total. The number of carbonyl (C=O) groups excluding carboxylic acids is 1. The van der Waals surface area contributed by atoms with Gasteiger partial charge in [0.15, 0.2) is 0 Å². The second-order valence-electron chi connectivity index (χ2n) is 4.40. The van der Waals surface area contributed by atoms with Crippen molar-refractivity contribution < 1.29 is 9.53 Å². The maximum Gasteiger partial charge on any atom is 0.309 e. The highest BCUT2D eigenvalue weighted by Gasteiger charge is 2.52. The van der Waals surface area contributed by atoms with Crippen molar-refractivity contribution >= 4 is 5.97 Å². The molecular formula is C10H17NO2. The summed E-state index contributed by atoms with van der Waals surface area (Å²) in [4.78, 5) is 11.4. The van der Waals surface area contributed by atoms with Crippen LogP contribution in [0.3, 0.4) is 0 Å². The molecule has 2 saturated carbocycles. The number of ether oxygens (including phenoxy) is 1. The van der Waals surface area contributed by atoms with Gasteiger partial charge >= 0.3 is 5.97 Å². The lowest BCUT2D eigenvalue weighted by molar-refractivity contribution is -0.147. The highest BCUT2D eigenvalue weighted by atomic mass is 16.5. The minimum Gasteiger partial charge on any atom is -0.469 e. The van der Waals surface area contributed by atoms with Gasteiger partial charge in [-0.15, -0.1) is 0 Å². The van der Waals surface area contributed by atoms with E-state index in [-0.39, 0.29) is 17.4 Å². The highest BCUT2D eigenvalue weighted by Crippen LogP contribution is 2.50. The van der Waals surface area contributed by atoms with Crippen molar-refractivity contribution in [1.82, 2.24) is 0 Å². The van der Waals surface area contributed by atoms with Gasteiger partial charge in [-0.25, -0.2) is 0 Å². The third-order valence-electron chi connectivity index (χ3n) is 3.59. The van der Waals surface area contributed by atoms with Crippen molar-refractivity contribution in [2.45, 2.75) is 37.6 Å². The van der Waals surface area contributed by atoms with E-state index >= 15 is 0 Å². The smallest absolute Gasteiger partial charge is 0.309 e. The second kappa shape index (κ2) is 2.98. The number of rotatable bonds is 2. The van der Waals surface area contributed by atoms with E-state index in [2.05, 4.69) is 0 Å². The molecule has 2 aliphatic carbocycles. The largest absolute Gasteiger partial charge is 0.469 e. The molecule has 74 valence electrons. The Hall–Kier alpha value is -0.570. The van der Waals surface area contributed by atoms with Crippen molar-refractivity contribution in [3.63, 3.8) is 0 Å². The molecule has 0 saturated heterocycles. The fourth-order valence-corrected chi connectivity index (χ4v) is 2.60. The zero-order valence-corrected chi connectivity index (χ0v) is 8.08. The van der Waals surface area contributed by atoms with Gasteiger partial charge in [0.1, 0.15) is 0 Å². The van der Waals surface area contributed by atoms with Gasteiger partial charge in [-0.1, -0.05) is 6.42 Å². The maximum absolute atomic E-state index is 11.4. The molecule has 0 bridgehead atoms. The van der Waals surface area contributed by atoms with Crippen LogP contribution in [0.4, 0.5) is 0 Å². The first-order valence-electron chi connectivity index (χ1n) is 5.04. The SMILES string of the molecule is COC(=O)[C@H]1CCCC1C1(N)CC1. The number of carbonyl (C=O) groups is 1. The zero-order chi connectivity index (χ0) is 9.47. The van der Waals surface area contributed by atoms with Crippen LogP contribution in [0.2, 0.25) is 0 Å². The Morgan fingerprint density at radius 3 is 2.69 bits per heavy atom. The van der Waals surface area contributed by atoms with E-state index in [1.165, 1.54) is 7.11 Å². The lowest BCUT2D eigenvalue weighted by Gasteiger charge is -2.23. The predicted octanol–water partition coefficient (Wildman–Crippen LogP) is 1.07.